The molecule has 1 N–H and O–H groups in total. The molecule has 0 fully saturated rings. The molecule has 0 saturated carbocycles. The molecule has 0 aliphatic rings. The van der Waals surface area contributed by atoms with Crippen molar-refractivity contribution in [3.63, 3.8) is 0 Å². The quantitative estimate of drug-likeness (QED) is 0.914. The Bertz CT molecular complexity index is 533. The third-order valence-electron chi connectivity index (χ3n) is 2.61. The zero-order valence-corrected chi connectivity index (χ0v) is 11.5. The first kappa shape index (κ1) is 12.3. The lowest BCUT2D eigenvalue weighted by atomic mass is 10.1. The minimum absolute atomic E-state index is 0.455. The maximum absolute atomic E-state index is 10.1. The van der Waals surface area contributed by atoms with E-state index in [0.717, 1.165) is 15.9 Å². The second-order valence-corrected chi connectivity index (χ2v) is 4.80. The van der Waals surface area contributed by atoms with Crippen LogP contribution in [0.25, 0.3) is 0 Å². The van der Waals surface area contributed by atoms with E-state index >= 15 is 0 Å². The van der Waals surface area contributed by atoms with Crippen LogP contribution in [-0.4, -0.2) is 29.9 Å². The molecule has 0 aliphatic carbocycles. The van der Waals surface area contributed by atoms with Gasteiger partial charge in [0, 0.05) is 20.5 Å². The molecule has 0 saturated heterocycles. The maximum atomic E-state index is 10.1. The standard InChI is InChI=1S/C10H14BrN5O/c1-6-10(11)8(16(3)13-6)4-9(17)7-5-15(2)14-12-7/h5,9,17H,4H2,1-3H3. The molecular weight excluding hydrogens is 286 g/mol. The van der Waals surface area contributed by atoms with Crippen molar-refractivity contribution in [2.75, 3.05) is 0 Å². The Morgan fingerprint density at radius 3 is 2.65 bits per heavy atom. The number of aryl methyl sites for hydroxylation is 3. The van der Waals surface area contributed by atoms with Crippen LogP contribution in [-0.2, 0) is 20.5 Å². The largest absolute Gasteiger partial charge is 0.386 e. The van der Waals surface area contributed by atoms with Crippen molar-refractivity contribution in [3.8, 4) is 0 Å². The lowest BCUT2D eigenvalue weighted by Crippen LogP contribution is -2.07. The maximum Gasteiger partial charge on any atom is 0.112 e. The minimum Gasteiger partial charge on any atom is -0.386 e. The Morgan fingerprint density at radius 2 is 2.18 bits per heavy atom. The van der Waals surface area contributed by atoms with Crippen molar-refractivity contribution in [1.82, 2.24) is 24.8 Å². The van der Waals surface area contributed by atoms with Gasteiger partial charge in [-0.1, -0.05) is 5.21 Å². The van der Waals surface area contributed by atoms with Crippen LogP contribution < -0.4 is 0 Å². The average molecular weight is 300 g/mol. The summed E-state index contributed by atoms with van der Waals surface area (Å²) < 4.78 is 4.27. The average Bonchev–Trinajstić information content (AvgIpc) is 2.79. The van der Waals surface area contributed by atoms with Gasteiger partial charge in [0.25, 0.3) is 0 Å². The van der Waals surface area contributed by atoms with Crippen molar-refractivity contribution in [1.29, 1.82) is 0 Å². The first-order valence-electron chi connectivity index (χ1n) is 5.21. The predicted molar refractivity (Wildman–Crippen MR) is 65.3 cm³/mol. The number of rotatable bonds is 3. The zero-order chi connectivity index (χ0) is 12.6. The molecule has 1 unspecified atom stereocenters. The Kier molecular flexibility index (Phi) is 3.30. The summed E-state index contributed by atoms with van der Waals surface area (Å²) in [5.41, 5.74) is 2.42. The number of halogens is 1. The summed E-state index contributed by atoms with van der Waals surface area (Å²) in [5.74, 6) is 0. The Hall–Kier alpha value is -1.21. The van der Waals surface area contributed by atoms with Gasteiger partial charge in [-0.25, -0.2) is 0 Å². The van der Waals surface area contributed by atoms with Crippen LogP contribution in [0.2, 0.25) is 0 Å². The van der Waals surface area contributed by atoms with Crippen molar-refractivity contribution in [3.05, 3.63) is 27.8 Å². The number of aliphatic hydroxyl groups is 1. The van der Waals surface area contributed by atoms with Gasteiger partial charge in [0.1, 0.15) is 11.8 Å². The predicted octanol–water partition coefficient (Wildman–Crippen LogP) is 0.896. The van der Waals surface area contributed by atoms with Gasteiger partial charge in [-0.3, -0.25) is 9.36 Å². The van der Waals surface area contributed by atoms with E-state index in [1.807, 2.05) is 14.0 Å². The summed E-state index contributed by atoms with van der Waals surface area (Å²) in [6.45, 7) is 1.92. The van der Waals surface area contributed by atoms with E-state index < -0.39 is 6.10 Å². The molecule has 0 spiro atoms. The highest BCUT2D eigenvalue weighted by Gasteiger charge is 2.18. The number of aromatic nitrogens is 5. The molecule has 2 rings (SSSR count). The van der Waals surface area contributed by atoms with E-state index in [1.54, 1.807) is 22.6 Å². The number of nitrogens with zero attached hydrogens (tertiary/aromatic N) is 5. The van der Waals surface area contributed by atoms with Crippen molar-refractivity contribution in [2.45, 2.75) is 19.4 Å². The van der Waals surface area contributed by atoms with Gasteiger partial charge in [-0.05, 0) is 22.9 Å². The van der Waals surface area contributed by atoms with E-state index in [9.17, 15) is 5.11 Å². The van der Waals surface area contributed by atoms with Gasteiger partial charge < -0.3 is 5.11 Å². The van der Waals surface area contributed by atoms with Crippen LogP contribution in [0.4, 0.5) is 0 Å². The first-order valence-corrected chi connectivity index (χ1v) is 6.00. The van der Waals surface area contributed by atoms with Crippen molar-refractivity contribution >= 4 is 15.9 Å². The molecule has 1 atom stereocenters. The molecule has 0 radical (unpaired) electrons. The Balaban J connectivity index is 2.21. The monoisotopic (exact) mass is 299 g/mol. The second-order valence-electron chi connectivity index (χ2n) is 4.01. The second kappa shape index (κ2) is 4.58. The highest BCUT2D eigenvalue weighted by Crippen LogP contribution is 2.24. The van der Waals surface area contributed by atoms with E-state index in [-0.39, 0.29) is 0 Å². The van der Waals surface area contributed by atoms with Crippen LogP contribution >= 0.6 is 15.9 Å². The molecule has 0 amide bonds. The van der Waals surface area contributed by atoms with Gasteiger partial charge in [-0.2, -0.15) is 5.10 Å². The fourth-order valence-corrected chi connectivity index (χ4v) is 2.21. The summed E-state index contributed by atoms with van der Waals surface area (Å²) in [5, 5.41) is 22.0. The van der Waals surface area contributed by atoms with Crippen LogP contribution in [0.15, 0.2) is 10.7 Å². The topological polar surface area (TPSA) is 68.8 Å². The molecule has 17 heavy (non-hydrogen) atoms. The lowest BCUT2D eigenvalue weighted by molar-refractivity contribution is 0.170. The molecule has 6 nitrogen and oxygen atoms in total. The number of hydrogen-bond donors (Lipinski definition) is 1. The summed E-state index contributed by atoms with van der Waals surface area (Å²) in [4.78, 5) is 0. The molecule has 2 aromatic heterocycles. The third-order valence-corrected chi connectivity index (χ3v) is 3.64. The van der Waals surface area contributed by atoms with Crippen molar-refractivity contribution in [2.24, 2.45) is 14.1 Å². The fourth-order valence-electron chi connectivity index (χ4n) is 1.71. The molecule has 92 valence electrons. The SMILES string of the molecule is Cc1nn(C)c(CC(O)c2cn(C)nn2)c1Br. The van der Waals surface area contributed by atoms with Crippen LogP contribution in [0.1, 0.15) is 23.2 Å². The van der Waals surface area contributed by atoms with E-state index in [0.29, 0.717) is 12.1 Å². The van der Waals surface area contributed by atoms with Crippen molar-refractivity contribution < 1.29 is 5.11 Å². The highest BCUT2D eigenvalue weighted by molar-refractivity contribution is 9.10. The van der Waals surface area contributed by atoms with Crippen LogP contribution in [0, 0.1) is 6.92 Å². The van der Waals surface area contributed by atoms with Gasteiger partial charge in [0.15, 0.2) is 0 Å². The summed E-state index contributed by atoms with van der Waals surface area (Å²) >= 11 is 3.47. The summed E-state index contributed by atoms with van der Waals surface area (Å²) in [6.07, 6.45) is 1.49. The third kappa shape index (κ3) is 2.39. The van der Waals surface area contributed by atoms with E-state index in [4.69, 9.17) is 0 Å². The van der Waals surface area contributed by atoms with Crippen LogP contribution in [0.3, 0.4) is 0 Å². The molecule has 0 aromatic carbocycles. The molecular formula is C10H14BrN5O. The zero-order valence-electron chi connectivity index (χ0n) is 9.92. The molecule has 2 aromatic rings. The number of hydrogen-bond acceptors (Lipinski definition) is 4. The summed E-state index contributed by atoms with van der Waals surface area (Å²) in [6, 6.07) is 0. The molecule has 0 bridgehead atoms. The van der Waals surface area contributed by atoms with Gasteiger partial charge in [-0.15, -0.1) is 5.10 Å². The summed E-state index contributed by atoms with van der Waals surface area (Å²) in [7, 11) is 3.63. The minimum atomic E-state index is -0.671. The smallest absolute Gasteiger partial charge is 0.112 e. The van der Waals surface area contributed by atoms with Gasteiger partial charge in [0.05, 0.1) is 22.1 Å². The molecule has 0 aliphatic heterocycles. The fraction of sp³-hybridized carbons (Fsp3) is 0.500. The van der Waals surface area contributed by atoms with Gasteiger partial charge in [0.2, 0.25) is 0 Å². The number of aliphatic hydroxyl groups excluding tert-OH is 1. The van der Waals surface area contributed by atoms with E-state index in [2.05, 4.69) is 31.3 Å². The van der Waals surface area contributed by atoms with Crippen LogP contribution in [0.5, 0.6) is 0 Å². The molecule has 7 heteroatoms. The highest BCUT2D eigenvalue weighted by atomic mass is 79.9. The molecule has 2 heterocycles. The lowest BCUT2D eigenvalue weighted by Gasteiger charge is -2.07. The Morgan fingerprint density at radius 1 is 1.47 bits per heavy atom. The van der Waals surface area contributed by atoms with E-state index in [1.165, 1.54) is 0 Å². The van der Waals surface area contributed by atoms with Gasteiger partial charge >= 0.3 is 0 Å². The normalized spacial score (nSPS) is 13.0. The Labute approximate surface area is 107 Å². The first-order chi connectivity index (χ1) is 7.99.